The highest BCUT2D eigenvalue weighted by atomic mass is 16.5. The molecule has 1 rings (SSSR count). The molecule has 5 heteroatoms. The van der Waals surface area contributed by atoms with E-state index >= 15 is 0 Å². The summed E-state index contributed by atoms with van der Waals surface area (Å²) in [6, 6.07) is 9.86. The second-order valence-electron chi connectivity index (χ2n) is 3.14. The van der Waals surface area contributed by atoms with Crippen LogP contribution >= 0.6 is 0 Å². The molecule has 0 amide bonds. The van der Waals surface area contributed by atoms with Gasteiger partial charge in [-0.25, -0.2) is 5.48 Å². The van der Waals surface area contributed by atoms with Crippen LogP contribution in [0.4, 0.5) is 0 Å². The van der Waals surface area contributed by atoms with Crippen LogP contribution in [0, 0.1) is 0 Å². The largest absolute Gasteiger partial charge is 0.367 e. The molecule has 0 saturated heterocycles. The Bertz CT molecular complexity index is 409. The molecular formula is C11H14N4O. The van der Waals surface area contributed by atoms with Gasteiger partial charge in [0.2, 0.25) is 5.96 Å². The van der Waals surface area contributed by atoms with E-state index in [2.05, 4.69) is 10.2 Å². The van der Waals surface area contributed by atoms with E-state index < -0.39 is 0 Å². The number of allylic oxidation sites excluding steroid dienone is 1. The van der Waals surface area contributed by atoms with Gasteiger partial charge < -0.3 is 5.73 Å². The molecule has 4 N–H and O–H groups in total. The second-order valence-corrected chi connectivity index (χ2v) is 3.14. The Labute approximate surface area is 94.0 Å². The predicted octanol–water partition coefficient (Wildman–Crippen LogP) is 1.37. The molecule has 5 nitrogen and oxygen atoms in total. The first kappa shape index (κ1) is 11.9. The van der Waals surface area contributed by atoms with Crippen LogP contribution in [0.5, 0.6) is 0 Å². The summed E-state index contributed by atoms with van der Waals surface area (Å²) < 4.78 is 0. The Hall–Kier alpha value is -2.14. The number of nitrogens with zero attached hydrogens (tertiary/aromatic N) is 2. The monoisotopic (exact) mass is 218 g/mol. The fraction of sp³-hybridized carbons (Fsp3) is 0.0909. The van der Waals surface area contributed by atoms with E-state index in [0.29, 0.717) is 0 Å². The molecule has 0 atom stereocenters. The van der Waals surface area contributed by atoms with Crippen molar-refractivity contribution in [3.05, 3.63) is 41.5 Å². The molecule has 1 aromatic rings. The molecule has 16 heavy (non-hydrogen) atoms. The standard InChI is InChI=1S/C11H14N4O/c1-9(8-13-14-11(12)15-16)7-10-5-3-2-4-6-10/h2-8,16H,1H3,(H3,12,14,15)/b9-7-,13-8-. The molecule has 0 radical (unpaired) electrons. The molecule has 84 valence electrons. The van der Waals surface area contributed by atoms with Gasteiger partial charge in [-0.3, -0.25) is 5.21 Å². The van der Waals surface area contributed by atoms with Gasteiger partial charge in [-0.15, -0.1) is 5.10 Å². The molecule has 0 aliphatic carbocycles. The van der Waals surface area contributed by atoms with Gasteiger partial charge in [-0.05, 0) is 18.1 Å². The summed E-state index contributed by atoms with van der Waals surface area (Å²) in [7, 11) is 0. The maximum Gasteiger partial charge on any atom is 0.237 e. The van der Waals surface area contributed by atoms with Crippen molar-refractivity contribution >= 4 is 18.3 Å². The van der Waals surface area contributed by atoms with Crippen LogP contribution < -0.4 is 11.2 Å². The van der Waals surface area contributed by atoms with Gasteiger partial charge in [0.1, 0.15) is 0 Å². The van der Waals surface area contributed by atoms with Crippen molar-refractivity contribution in [1.82, 2.24) is 5.48 Å². The summed E-state index contributed by atoms with van der Waals surface area (Å²) in [6.07, 6.45) is 3.51. The van der Waals surface area contributed by atoms with Crippen molar-refractivity contribution < 1.29 is 5.21 Å². The third-order valence-corrected chi connectivity index (χ3v) is 1.74. The van der Waals surface area contributed by atoms with Gasteiger partial charge in [-0.2, -0.15) is 5.10 Å². The number of guanidine groups is 1. The highest BCUT2D eigenvalue weighted by Crippen LogP contribution is 2.04. The number of hydrogen-bond acceptors (Lipinski definition) is 3. The topological polar surface area (TPSA) is 83.0 Å². The summed E-state index contributed by atoms with van der Waals surface area (Å²) in [6.45, 7) is 1.90. The van der Waals surface area contributed by atoms with E-state index in [-0.39, 0.29) is 5.96 Å². The Morgan fingerprint density at radius 3 is 2.69 bits per heavy atom. The van der Waals surface area contributed by atoms with Crippen LogP contribution in [-0.2, 0) is 0 Å². The van der Waals surface area contributed by atoms with Crippen LogP contribution in [0.1, 0.15) is 12.5 Å². The van der Waals surface area contributed by atoms with Crippen LogP contribution in [0.25, 0.3) is 6.08 Å². The van der Waals surface area contributed by atoms with Crippen molar-refractivity contribution in [3.8, 4) is 0 Å². The van der Waals surface area contributed by atoms with E-state index in [4.69, 9.17) is 10.9 Å². The van der Waals surface area contributed by atoms with Gasteiger partial charge in [0.05, 0.1) is 6.21 Å². The average Bonchev–Trinajstić information content (AvgIpc) is 2.30. The maximum atomic E-state index is 8.34. The number of hydroxylamine groups is 1. The highest BCUT2D eigenvalue weighted by molar-refractivity contribution is 5.85. The lowest BCUT2D eigenvalue weighted by molar-refractivity contribution is 0.232. The van der Waals surface area contributed by atoms with E-state index in [1.165, 1.54) is 0 Å². The zero-order valence-electron chi connectivity index (χ0n) is 8.96. The van der Waals surface area contributed by atoms with Gasteiger partial charge in [-0.1, -0.05) is 36.4 Å². The van der Waals surface area contributed by atoms with Crippen molar-refractivity contribution in [2.75, 3.05) is 0 Å². The van der Waals surface area contributed by atoms with Crippen LogP contribution in [0.15, 0.2) is 46.1 Å². The lowest BCUT2D eigenvalue weighted by Gasteiger charge is -1.94. The number of nitrogens with one attached hydrogen (secondary N) is 1. The molecule has 0 aromatic heterocycles. The minimum atomic E-state index is -0.149. The molecule has 0 bridgehead atoms. The van der Waals surface area contributed by atoms with Gasteiger partial charge in [0.25, 0.3) is 0 Å². The lowest BCUT2D eigenvalue weighted by Crippen LogP contribution is -2.27. The van der Waals surface area contributed by atoms with Crippen LogP contribution in [-0.4, -0.2) is 17.4 Å². The zero-order chi connectivity index (χ0) is 11.8. The van der Waals surface area contributed by atoms with E-state index in [1.807, 2.05) is 43.3 Å². The first-order chi connectivity index (χ1) is 7.72. The zero-order valence-corrected chi connectivity index (χ0v) is 8.96. The third-order valence-electron chi connectivity index (χ3n) is 1.74. The Balaban J connectivity index is 2.66. The Morgan fingerprint density at radius 2 is 2.06 bits per heavy atom. The predicted molar refractivity (Wildman–Crippen MR) is 65.1 cm³/mol. The quantitative estimate of drug-likeness (QED) is 0.407. The summed E-state index contributed by atoms with van der Waals surface area (Å²) in [5, 5.41) is 15.5. The molecule has 1 aromatic carbocycles. The first-order valence-electron chi connectivity index (χ1n) is 4.72. The van der Waals surface area contributed by atoms with E-state index in [9.17, 15) is 0 Å². The van der Waals surface area contributed by atoms with E-state index in [1.54, 1.807) is 11.7 Å². The van der Waals surface area contributed by atoms with Crippen molar-refractivity contribution in [3.63, 3.8) is 0 Å². The second kappa shape index (κ2) is 6.36. The average molecular weight is 218 g/mol. The molecular weight excluding hydrogens is 204 g/mol. The number of nitrogens with two attached hydrogens (primary N) is 1. The van der Waals surface area contributed by atoms with Crippen LogP contribution in [0.2, 0.25) is 0 Å². The van der Waals surface area contributed by atoms with Gasteiger partial charge in [0.15, 0.2) is 0 Å². The normalized spacial score (nSPS) is 13.1. The van der Waals surface area contributed by atoms with E-state index in [0.717, 1.165) is 11.1 Å². The fourth-order valence-corrected chi connectivity index (χ4v) is 1.05. The summed E-state index contributed by atoms with van der Waals surface area (Å²) in [4.78, 5) is 0. The third kappa shape index (κ3) is 4.39. The molecule has 0 unspecified atom stereocenters. The maximum absolute atomic E-state index is 8.34. The molecule has 0 spiro atoms. The van der Waals surface area contributed by atoms with Crippen LogP contribution in [0.3, 0.4) is 0 Å². The number of rotatable bonds is 3. The minimum absolute atomic E-state index is 0.149. The SMILES string of the molecule is CC(/C=N\N=C(N)NO)=C/c1ccccc1. The fourth-order valence-electron chi connectivity index (χ4n) is 1.05. The summed E-state index contributed by atoms with van der Waals surface area (Å²) >= 11 is 0. The minimum Gasteiger partial charge on any atom is -0.367 e. The molecule has 0 aliphatic heterocycles. The lowest BCUT2D eigenvalue weighted by atomic mass is 10.1. The molecule has 0 saturated carbocycles. The van der Waals surface area contributed by atoms with Gasteiger partial charge in [0, 0.05) is 0 Å². The molecule has 0 aliphatic rings. The number of hydrogen-bond donors (Lipinski definition) is 3. The Morgan fingerprint density at radius 1 is 1.38 bits per heavy atom. The first-order valence-corrected chi connectivity index (χ1v) is 4.72. The number of benzene rings is 1. The molecule has 0 heterocycles. The highest BCUT2D eigenvalue weighted by Gasteiger charge is 1.87. The van der Waals surface area contributed by atoms with Crippen molar-refractivity contribution in [2.45, 2.75) is 6.92 Å². The Kier molecular flexibility index (Phi) is 4.75. The smallest absolute Gasteiger partial charge is 0.237 e. The van der Waals surface area contributed by atoms with Gasteiger partial charge >= 0.3 is 0 Å². The summed E-state index contributed by atoms with van der Waals surface area (Å²) in [5.41, 5.74) is 8.87. The van der Waals surface area contributed by atoms with Crippen molar-refractivity contribution in [1.29, 1.82) is 0 Å². The summed E-state index contributed by atoms with van der Waals surface area (Å²) in [5.74, 6) is -0.149. The van der Waals surface area contributed by atoms with Crippen molar-refractivity contribution in [2.24, 2.45) is 15.9 Å². The molecule has 0 fully saturated rings.